The summed E-state index contributed by atoms with van der Waals surface area (Å²) in [4.78, 5) is 17.9. The normalized spacial score (nSPS) is 14.4. The highest BCUT2D eigenvalue weighted by atomic mass is 16.5. The van der Waals surface area contributed by atoms with Gasteiger partial charge in [0, 0.05) is 32.9 Å². The molecule has 25 heavy (non-hydrogen) atoms. The zero-order valence-corrected chi connectivity index (χ0v) is 14.1. The lowest BCUT2D eigenvalue weighted by Crippen LogP contribution is -2.52. The highest BCUT2D eigenvalue weighted by molar-refractivity contribution is 5.79. The molecule has 128 valence electrons. The van der Waals surface area contributed by atoms with Gasteiger partial charge in [0.05, 0.1) is 17.2 Å². The minimum Gasteiger partial charge on any atom is -0.487 e. The third-order valence-corrected chi connectivity index (χ3v) is 4.24. The molecule has 2 heterocycles. The van der Waals surface area contributed by atoms with E-state index in [9.17, 15) is 4.79 Å². The Balaban J connectivity index is 1.46. The van der Waals surface area contributed by atoms with Crippen LogP contribution in [0.25, 0.3) is 0 Å². The van der Waals surface area contributed by atoms with Crippen LogP contribution in [0.3, 0.4) is 0 Å². The Bertz CT molecular complexity index is 760. The topological polar surface area (TPSA) is 78.3 Å². The van der Waals surface area contributed by atoms with Crippen molar-refractivity contribution in [1.29, 1.82) is 5.26 Å². The number of rotatable bonds is 6. The zero-order valence-electron chi connectivity index (χ0n) is 14.1. The van der Waals surface area contributed by atoms with Crippen LogP contribution in [0.1, 0.15) is 16.8 Å². The molecule has 6 heteroatoms. The predicted octanol–water partition coefficient (Wildman–Crippen LogP) is 1.71. The number of carbonyl (C=O) groups is 1. The summed E-state index contributed by atoms with van der Waals surface area (Å²) in [5.74, 6) is 1.02. The van der Waals surface area contributed by atoms with Crippen LogP contribution in [0.15, 0.2) is 42.6 Å². The van der Waals surface area contributed by atoms with E-state index in [1.54, 1.807) is 25.4 Å². The summed E-state index contributed by atoms with van der Waals surface area (Å²) < 4.78 is 5.72. The monoisotopic (exact) mass is 336 g/mol. The number of ether oxygens (including phenoxy) is 1. The van der Waals surface area contributed by atoms with E-state index in [4.69, 9.17) is 10.00 Å². The fraction of sp³-hybridized carbons (Fsp3) is 0.316. The molecular weight excluding hydrogens is 316 g/mol. The standard InChI is InChI=1S/C19H20N4O2/c1-21-19(24)16-11-23(12-16)10-14-3-6-18(7-4-14)25-13-17-5-2-15(8-20)9-22-17/h2-7,9,16H,10-13H2,1H3,(H,21,24). The van der Waals surface area contributed by atoms with Crippen molar-refractivity contribution < 1.29 is 9.53 Å². The summed E-state index contributed by atoms with van der Waals surface area (Å²) in [6.45, 7) is 2.82. The Labute approximate surface area is 147 Å². The molecule has 1 N–H and O–H groups in total. The fourth-order valence-corrected chi connectivity index (χ4v) is 2.75. The third-order valence-electron chi connectivity index (χ3n) is 4.24. The first kappa shape index (κ1) is 16.9. The van der Waals surface area contributed by atoms with Gasteiger partial charge in [-0.05, 0) is 29.8 Å². The number of amides is 1. The molecular formula is C19H20N4O2. The second-order valence-corrected chi connectivity index (χ2v) is 6.09. The average Bonchev–Trinajstić information content (AvgIpc) is 2.63. The summed E-state index contributed by atoms with van der Waals surface area (Å²) in [6, 6.07) is 13.5. The first-order valence-corrected chi connectivity index (χ1v) is 8.18. The van der Waals surface area contributed by atoms with E-state index >= 15 is 0 Å². The Morgan fingerprint density at radius 3 is 2.68 bits per heavy atom. The molecule has 1 aromatic heterocycles. The number of pyridine rings is 1. The van der Waals surface area contributed by atoms with Gasteiger partial charge in [-0.2, -0.15) is 5.26 Å². The number of carbonyl (C=O) groups excluding carboxylic acids is 1. The number of benzene rings is 1. The quantitative estimate of drug-likeness (QED) is 0.869. The molecule has 0 saturated carbocycles. The fourth-order valence-electron chi connectivity index (χ4n) is 2.75. The van der Waals surface area contributed by atoms with Gasteiger partial charge < -0.3 is 10.1 Å². The lowest BCUT2D eigenvalue weighted by Gasteiger charge is -2.38. The van der Waals surface area contributed by atoms with Gasteiger partial charge in [-0.15, -0.1) is 0 Å². The van der Waals surface area contributed by atoms with Crippen molar-refractivity contribution in [2.24, 2.45) is 5.92 Å². The third kappa shape index (κ3) is 4.34. The molecule has 0 radical (unpaired) electrons. The van der Waals surface area contributed by atoms with Crippen molar-refractivity contribution in [3.05, 3.63) is 59.4 Å². The molecule has 3 rings (SSSR count). The van der Waals surface area contributed by atoms with Gasteiger partial charge in [-0.25, -0.2) is 0 Å². The number of nitriles is 1. The number of hydrogen-bond acceptors (Lipinski definition) is 5. The first-order chi connectivity index (χ1) is 12.2. The number of likely N-dealkylation sites (tertiary alicyclic amines) is 1. The zero-order chi connectivity index (χ0) is 17.6. The Hall–Kier alpha value is -2.91. The Morgan fingerprint density at radius 2 is 2.08 bits per heavy atom. The molecule has 0 spiro atoms. The molecule has 6 nitrogen and oxygen atoms in total. The van der Waals surface area contributed by atoms with Crippen LogP contribution < -0.4 is 10.1 Å². The van der Waals surface area contributed by atoms with Crippen molar-refractivity contribution in [1.82, 2.24) is 15.2 Å². The van der Waals surface area contributed by atoms with Gasteiger partial charge in [0.2, 0.25) is 5.91 Å². The van der Waals surface area contributed by atoms with E-state index in [-0.39, 0.29) is 11.8 Å². The van der Waals surface area contributed by atoms with Gasteiger partial charge >= 0.3 is 0 Å². The van der Waals surface area contributed by atoms with Gasteiger partial charge in [-0.1, -0.05) is 12.1 Å². The second kappa shape index (κ2) is 7.77. The summed E-state index contributed by atoms with van der Waals surface area (Å²) in [5, 5.41) is 11.4. The largest absolute Gasteiger partial charge is 0.487 e. The van der Waals surface area contributed by atoms with Crippen molar-refractivity contribution in [3.63, 3.8) is 0 Å². The Kier molecular flexibility index (Phi) is 5.26. The molecule has 1 aromatic carbocycles. The minimum absolute atomic E-state index is 0.118. The molecule has 1 saturated heterocycles. The maximum absolute atomic E-state index is 11.5. The molecule has 1 amide bonds. The molecule has 0 bridgehead atoms. The first-order valence-electron chi connectivity index (χ1n) is 8.18. The van der Waals surface area contributed by atoms with Crippen LogP contribution >= 0.6 is 0 Å². The predicted molar refractivity (Wildman–Crippen MR) is 92.6 cm³/mol. The van der Waals surface area contributed by atoms with Gasteiger partial charge in [0.1, 0.15) is 18.4 Å². The molecule has 2 aromatic rings. The SMILES string of the molecule is CNC(=O)C1CN(Cc2ccc(OCc3ccc(C#N)cn3)cc2)C1. The van der Waals surface area contributed by atoms with Gasteiger partial charge in [0.15, 0.2) is 0 Å². The van der Waals surface area contributed by atoms with Crippen LogP contribution in [0.4, 0.5) is 0 Å². The highest BCUT2D eigenvalue weighted by Gasteiger charge is 2.31. The van der Waals surface area contributed by atoms with Crippen LogP contribution in [0, 0.1) is 17.2 Å². The van der Waals surface area contributed by atoms with E-state index in [2.05, 4.69) is 15.2 Å². The van der Waals surface area contributed by atoms with Crippen LogP contribution in [0.5, 0.6) is 5.75 Å². The van der Waals surface area contributed by atoms with Crippen molar-refractivity contribution in [3.8, 4) is 11.8 Å². The van der Waals surface area contributed by atoms with Crippen LogP contribution in [-0.2, 0) is 17.9 Å². The molecule has 1 aliphatic heterocycles. The number of hydrogen-bond donors (Lipinski definition) is 1. The molecule has 1 aliphatic rings. The van der Waals surface area contributed by atoms with Crippen molar-refractivity contribution in [2.75, 3.05) is 20.1 Å². The summed E-state index contributed by atoms with van der Waals surface area (Å²) in [5.41, 5.74) is 2.51. The van der Waals surface area contributed by atoms with E-state index in [1.807, 2.05) is 30.3 Å². The van der Waals surface area contributed by atoms with Crippen molar-refractivity contribution >= 4 is 5.91 Å². The van der Waals surface area contributed by atoms with Gasteiger partial charge in [-0.3, -0.25) is 14.7 Å². The minimum atomic E-state index is 0.118. The van der Waals surface area contributed by atoms with E-state index in [1.165, 1.54) is 5.56 Å². The van der Waals surface area contributed by atoms with Crippen molar-refractivity contribution in [2.45, 2.75) is 13.2 Å². The van der Waals surface area contributed by atoms with E-state index in [0.29, 0.717) is 12.2 Å². The van der Waals surface area contributed by atoms with Gasteiger partial charge in [0.25, 0.3) is 0 Å². The summed E-state index contributed by atoms with van der Waals surface area (Å²) >= 11 is 0. The summed E-state index contributed by atoms with van der Waals surface area (Å²) in [7, 11) is 1.68. The smallest absolute Gasteiger partial charge is 0.225 e. The van der Waals surface area contributed by atoms with Crippen LogP contribution in [-0.4, -0.2) is 35.9 Å². The Morgan fingerprint density at radius 1 is 1.32 bits per heavy atom. The number of nitrogens with zero attached hydrogens (tertiary/aromatic N) is 3. The summed E-state index contributed by atoms with van der Waals surface area (Å²) in [6.07, 6.45) is 1.54. The van der Waals surface area contributed by atoms with E-state index < -0.39 is 0 Å². The lowest BCUT2D eigenvalue weighted by molar-refractivity contribution is -0.129. The van der Waals surface area contributed by atoms with Crippen LogP contribution in [0.2, 0.25) is 0 Å². The maximum Gasteiger partial charge on any atom is 0.225 e. The molecule has 1 fully saturated rings. The molecule has 0 aliphatic carbocycles. The lowest BCUT2D eigenvalue weighted by atomic mass is 9.98. The average molecular weight is 336 g/mol. The number of aromatic nitrogens is 1. The second-order valence-electron chi connectivity index (χ2n) is 6.09. The number of nitrogens with one attached hydrogen (secondary N) is 1. The maximum atomic E-state index is 11.5. The highest BCUT2D eigenvalue weighted by Crippen LogP contribution is 2.20. The molecule has 0 atom stereocenters. The van der Waals surface area contributed by atoms with E-state index in [0.717, 1.165) is 31.1 Å². The molecule has 0 unspecified atom stereocenters.